The number of carbonyl (C=O) groups excluding carboxylic acids is 8. The van der Waals surface area contributed by atoms with Crippen molar-refractivity contribution in [2.75, 3.05) is 131 Å². The number of rotatable bonds is 44. The number of methoxy groups -OCH3 is 3. The highest BCUT2D eigenvalue weighted by molar-refractivity contribution is 8.00. The van der Waals surface area contributed by atoms with E-state index in [0.29, 0.717) is 163 Å². The summed E-state index contributed by atoms with van der Waals surface area (Å²) < 4.78 is 95.0. The minimum atomic E-state index is -2.48. The van der Waals surface area contributed by atoms with E-state index in [2.05, 4.69) is 5.32 Å². The van der Waals surface area contributed by atoms with Crippen molar-refractivity contribution in [1.82, 2.24) is 9.80 Å². The quantitative estimate of drug-likeness (QED) is 0.0182. The number of esters is 2. The minimum absolute atomic E-state index is 0.000808. The molecular formula is C97H151N3O26S. The minimum Gasteiger partial charge on any atom is -0.463 e. The molecule has 0 spiro atoms. The van der Waals surface area contributed by atoms with Crippen LogP contribution in [0.5, 0.6) is 0 Å². The van der Waals surface area contributed by atoms with Gasteiger partial charge in [-0.05, 0) is 187 Å². The van der Waals surface area contributed by atoms with Crippen LogP contribution in [0.4, 0.5) is 5.69 Å². The summed E-state index contributed by atoms with van der Waals surface area (Å²) in [4.78, 5) is 116. The monoisotopic (exact) mass is 1810 g/mol. The van der Waals surface area contributed by atoms with Crippen LogP contribution in [0.3, 0.4) is 0 Å². The molecule has 23 atom stereocenters. The number of thioether (sulfide) groups is 1. The van der Waals surface area contributed by atoms with Gasteiger partial charge in [0.15, 0.2) is 5.78 Å². The van der Waals surface area contributed by atoms with Crippen molar-refractivity contribution in [3.05, 3.63) is 89.1 Å². The Morgan fingerprint density at radius 2 is 1.24 bits per heavy atom. The van der Waals surface area contributed by atoms with Gasteiger partial charge in [0.1, 0.15) is 24.5 Å². The molecule has 5 aliphatic rings. The van der Waals surface area contributed by atoms with Gasteiger partial charge in [0.05, 0.1) is 176 Å². The van der Waals surface area contributed by atoms with Crippen LogP contribution in [0.1, 0.15) is 215 Å². The number of aliphatic hydroxyl groups is 2. The predicted molar refractivity (Wildman–Crippen MR) is 485 cm³/mol. The number of nitrogens with zero attached hydrogens (tertiary/aromatic N) is 2. The first kappa shape index (κ1) is 108. The third-order valence-corrected chi connectivity index (χ3v) is 25.3. The first-order valence-corrected chi connectivity index (χ1v) is 47.2. The maximum Gasteiger partial charge on any atom is 0.329 e. The fraction of sp³-hybridized carbons (Fsp3) is 0.732. The number of anilines is 1. The molecule has 7 rings (SSSR count). The molecule has 30 heteroatoms. The molecule has 4 aliphatic heterocycles. The van der Waals surface area contributed by atoms with Gasteiger partial charge in [-0.25, -0.2) is 4.79 Å². The largest absolute Gasteiger partial charge is 0.463 e. The summed E-state index contributed by atoms with van der Waals surface area (Å²) in [6.45, 7) is 34.4. The van der Waals surface area contributed by atoms with Gasteiger partial charge in [-0.15, -0.1) is 11.8 Å². The summed E-state index contributed by atoms with van der Waals surface area (Å²) >= 11 is 1.30. The van der Waals surface area contributed by atoms with E-state index in [1.54, 1.807) is 79.4 Å². The van der Waals surface area contributed by atoms with E-state index in [1.807, 2.05) is 120 Å². The first-order chi connectivity index (χ1) is 60.5. The number of ketones is 3. The molecule has 2 aromatic rings. The number of Topliss-reactive ketones (excluding diaryl/α,β-unsaturated/α-hetero) is 3. The fourth-order valence-electron chi connectivity index (χ4n) is 16.6. The number of cyclic esters (lactones) is 1. The van der Waals surface area contributed by atoms with Crippen LogP contribution in [0, 0.1) is 35.5 Å². The molecule has 3 fully saturated rings. The van der Waals surface area contributed by atoms with Crippen molar-refractivity contribution in [3.8, 4) is 0 Å². The van der Waals surface area contributed by atoms with Gasteiger partial charge in [-0.1, -0.05) is 83.2 Å². The Morgan fingerprint density at radius 1 is 0.622 bits per heavy atom. The highest BCUT2D eigenvalue weighted by Crippen LogP contribution is 2.40. The van der Waals surface area contributed by atoms with Gasteiger partial charge < -0.3 is 96.2 Å². The maximum absolute atomic E-state index is 14.8. The Labute approximate surface area is 758 Å². The lowest BCUT2D eigenvalue weighted by molar-refractivity contribution is -0.265. The van der Waals surface area contributed by atoms with Crippen LogP contribution >= 0.6 is 11.8 Å². The standard InChI is InChI=1S/C97H151N3O26S/c1-60-26-21-20-22-27-61(2)87(112-18)46-77-33-31-66(7)97(110,126-77)92(105)95(108)99-37-24-23-30-82(99)96(109)125-88(48-85(103)64(5)43-63(4)84(102)47-83(101)62(3)42-60)65(6)44-76-32-36-86(89(45-76)113-19)116-40-41-117-90(104)58-127-59-98-81-35-34-80-91-78(81)28-25-29-79(91)93(106)100(94(80)107)67(8)49-118-69(10)51-114-38-39-115-70(11)52-120-72(13)54-122-74(15)56-124-75(16)57-123-73(14)55-121-71(12)53-119-68(9)50-111-17/h20-22,25-29,34-35,43,60,62-63,65-77,82,84,86-89,98,102,110H,23-24,30-33,36-42,44-59H2,1-19H3/b22-20?,26-21?,61-27?,64-43+. The topological polar surface area (TPSA) is 343 Å². The van der Waals surface area contributed by atoms with Gasteiger partial charge in [0, 0.05) is 92.5 Å². The average molecular weight is 1810 g/mol. The molecule has 1 saturated carbocycles. The number of piperidine rings is 1. The Bertz CT molecular complexity index is 3870. The summed E-state index contributed by atoms with van der Waals surface area (Å²) in [6.07, 6.45) is 11.3. The predicted octanol–water partition coefficient (Wildman–Crippen LogP) is 13.0. The summed E-state index contributed by atoms with van der Waals surface area (Å²) in [7, 11) is 4.84. The van der Waals surface area contributed by atoms with Crippen molar-refractivity contribution < 1.29 is 124 Å². The van der Waals surface area contributed by atoms with E-state index in [0.717, 1.165) is 5.57 Å². The summed E-state index contributed by atoms with van der Waals surface area (Å²) in [5.41, 5.74) is 2.65. The Balaban J connectivity index is 0.821. The van der Waals surface area contributed by atoms with E-state index in [-0.39, 0.29) is 148 Å². The van der Waals surface area contributed by atoms with Crippen molar-refractivity contribution in [2.24, 2.45) is 35.5 Å². The average Bonchev–Trinajstić information content (AvgIpc) is 0.729. The second kappa shape index (κ2) is 55.3. The molecular weight excluding hydrogens is 1660 g/mol. The number of allylic oxidation sites excluding steroid dienone is 6. The number of hydrogen-bond donors (Lipinski definition) is 3. The summed E-state index contributed by atoms with van der Waals surface area (Å²) in [5, 5.41) is 28.1. The molecule has 3 N–H and O–H groups in total. The Hall–Kier alpha value is -6.27. The molecule has 29 nitrogen and oxygen atoms in total. The zero-order chi connectivity index (χ0) is 93.0. The third kappa shape index (κ3) is 34.7. The molecule has 3 amide bonds. The normalized spacial score (nSPS) is 27.8. The van der Waals surface area contributed by atoms with E-state index >= 15 is 0 Å². The zero-order valence-electron chi connectivity index (χ0n) is 79.1. The van der Waals surface area contributed by atoms with Crippen molar-refractivity contribution in [3.63, 3.8) is 0 Å². The van der Waals surface area contributed by atoms with Crippen molar-refractivity contribution in [1.29, 1.82) is 0 Å². The van der Waals surface area contributed by atoms with Gasteiger partial charge in [-0.2, -0.15) is 0 Å². The lowest BCUT2D eigenvalue weighted by atomic mass is 9.78. The smallest absolute Gasteiger partial charge is 0.329 e. The lowest BCUT2D eigenvalue weighted by Gasteiger charge is -2.42. The molecule has 2 bridgehead atoms. The highest BCUT2D eigenvalue weighted by atomic mass is 32.2. The van der Waals surface area contributed by atoms with E-state index in [4.69, 9.17) is 75.8 Å². The zero-order valence-corrected chi connectivity index (χ0v) is 79.9. The van der Waals surface area contributed by atoms with Crippen LogP contribution < -0.4 is 5.32 Å². The number of imide groups is 1. The molecule has 2 aromatic carbocycles. The number of hydrogen-bond acceptors (Lipinski definition) is 28. The number of amides is 3. The number of benzene rings is 2. The molecule has 127 heavy (non-hydrogen) atoms. The Morgan fingerprint density at radius 3 is 1.87 bits per heavy atom. The van der Waals surface area contributed by atoms with Crippen molar-refractivity contribution in [2.45, 2.75) is 298 Å². The van der Waals surface area contributed by atoms with Crippen LogP contribution in [-0.4, -0.2) is 296 Å². The fourth-order valence-corrected chi connectivity index (χ4v) is 17.2. The van der Waals surface area contributed by atoms with Crippen LogP contribution in [-0.2, 0) is 105 Å². The number of fused-ring (bicyclic) bond motifs is 3. The van der Waals surface area contributed by atoms with Crippen LogP contribution in [0.2, 0.25) is 0 Å². The number of aliphatic hydroxyl groups excluding tert-OH is 1. The molecule has 23 unspecified atom stereocenters. The van der Waals surface area contributed by atoms with E-state index in [1.165, 1.54) is 21.6 Å². The molecule has 0 aromatic heterocycles. The number of nitrogens with one attached hydrogen (secondary N) is 1. The highest BCUT2D eigenvalue weighted by Gasteiger charge is 2.53. The van der Waals surface area contributed by atoms with Gasteiger partial charge in [-0.3, -0.25) is 38.5 Å². The second-order valence-electron chi connectivity index (χ2n) is 36.0. The van der Waals surface area contributed by atoms with Crippen LogP contribution in [0.25, 0.3) is 10.8 Å². The van der Waals surface area contributed by atoms with Gasteiger partial charge in [0.25, 0.3) is 23.5 Å². The SMILES string of the molecule is COCC(C)OCC(C)OCC(C)OCC(C)OCC(C)OCC(C)OCC(C)OCCOCC(C)OCC(C)N1C(=O)c2cccc3c(NCSCC(=O)OCCOC4CCC(CC(C)C5CC(=O)/C(C)=C/C(C)C(O)CC(=O)C(C)CC(C)C=CC=CC=C(C)C(OC)CC6CCC(C)C(O)(O6)C(=O)C(=O)N6CCCCC6C(=O)O5)CC4OC)ccc(c23)C1=O. The van der Waals surface area contributed by atoms with Crippen LogP contribution in [0.15, 0.2) is 77.9 Å². The lowest BCUT2D eigenvalue weighted by Crippen LogP contribution is -2.61. The second-order valence-corrected chi connectivity index (χ2v) is 36.9. The first-order valence-electron chi connectivity index (χ1n) is 46.0. The summed E-state index contributed by atoms with van der Waals surface area (Å²) in [5.74, 6) is -8.87. The van der Waals surface area contributed by atoms with Gasteiger partial charge in [0.2, 0.25) is 5.79 Å². The summed E-state index contributed by atoms with van der Waals surface area (Å²) in [6, 6.07) is 7.06. The molecule has 4 heterocycles. The third-order valence-electron chi connectivity index (χ3n) is 24.5. The number of carbonyl (C=O) groups is 8. The van der Waals surface area contributed by atoms with E-state index < -0.39 is 95.5 Å². The molecule has 2 saturated heterocycles. The molecule has 716 valence electrons. The van der Waals surface area contributed by atoms with E-state index in [9.17, 15) is 48.6 Å². The van der Waals surface area contributed by atoms with Gasteiger partial charge >= 0.3 is 11.9 Å². The number of ether oxygens (including phenoxy) is 16. The maximum atomic E-state index is 14.8. The molecule has 1 aliphatic carbocycles. The van der Waals surface area contributed by atoms with Crippen molar-refractivity contribution >= 4 is 75.2 Å². The molecule has 0 radical (unpaired) electrons. The Kier molecular flexibility index (Phi) is 46.9.